The first-order chi connectivity index (χ1) is 10.7. The monoisotopic (exact) mass is 451 g/mol. The fourth-order valence-electron chi connectivity index (χ4n) is 1.73. The molecule has 1 aromatic heterocycles. The van der Waals surface area contributed by atoms with E-state index in [4.69, 9.17) is 10.2 Å². The van der Waals surface area contributed by atoms with Crippen molar-refractivity contribution in [2.75, 3.05) is 13.1 Å². The van der Waals surface area contributed by atoms with Crippen molar-refractivity contribution in [3.05, 3.63) is 23.7 Å². The van der Waals surface area contributed by atoms with Gasteiger partial charge >= 0.3 is 0 Å². The van der Waals surface area contributed by atoms with Gasteiger partial charge in [0.1, 0.15) is 12.3 Å². The van der Waals surface area contributed by atoms with Crippen LogP contribution in [0.2, 0.25) is 0 Å². The van der Waals surface area contributed by atoms with Crippen LogP contribution < -0.4 is 21.7 Å². The lowest BCUT2D eigenvalue weighted by Crippen LogP contribution is -2.43. The van der Waals surface area contributed by atoms with Crippen molar-refractivity contribution in [2.45, 2.75) is 39.8 Å². The zero-order chi connectivity index (χ0) is 17.5. The maximum Gasteiger partial charge on any atom is 0.284 e. The van der Waals surface area contributed by atoms with Crippen LogP contribution in [-0.4, -0.2) is 36.4 Å². The fourth-order valence-corrected chi connectivity index (χ4v) is 1.73. The molecule has 0 bridgehead atoms. The highest BCUT2D eigenvalue weighted by Gasteiger charge is 2.13. The molecular weight excluding hydrogens is 425 g/mol. The summed E-state index contributed by atoms with van der Waals surface area (Å²) in [7, 11) is 0. The number of primary amides is 1. The molecule has 1 rings (SSSR count). The largest absolute Gasteiger partial charge is 0.454 e. The highest BCUT2D eigenvalue weighted by molar-refractivity contribution is 14.0. The van der Waals surface area contributed by atoms with Gasteiger partial charge in [-0.15, -0.1) is 24.0 Å². The number of furan rings is 1. The first-order valence-electron chi connectivity index (χ1n) is 7.43. The molecule has 8 nitrogen and oxygen atoms in total. The third-order valence-corrected chi connectivity index (χ3v) is 2.57. The molecule has 0 aliphatic heterocycles. The van der Waals surface area contributed by atoms with Crippen LogP contribution in [0.15, 0.2) is 21.5 Å². The summed E-state index contributed by atoms with van der Waals surface area (Å²) in [5.41, 5.74) is 4.83. The number of amides is 2. The van der Waals surface area contributed by atoms with Crippen molar-refractivity contribution in [3.8, 4) is 0 Å². The van der Waals surface area contributed by atoms with Gasteiger partial charge in [0, 0.05) is 12.1 Å². The molecule has 0 atom stereocenters. The van der Waals surface area contributed by atoms with E-state index < -0.39 is 5.91 Å². The minimum Gasteiger partial charge on any atom is -0.454 e. The first kappa shape index (κ1) is 22.2. The summed E-state index contributed by atoms with van der Waals surface area (Å²) in [6, 6.07) is 3.17. The van der Waals surface area contributed by atoms with Crippen LogP contribution in [0.3, 0.4) is 0 Å². The van der Waals surface area contributed by atoms with Gasteiger partial charge < -0.3 is 26.1 Å². The van der Waals surface area contributed by atoms with Crippen LogP contribution in [0, 0.1) is 0 Å². The summed E-state index contributed by atoms with van der Waals surface area (Å²) in [4.78, 5) is 27.0. The summed E-state index contributed by atoms with van der Waals surface area (Å²) in [5, 5.41) is 8.88. The van der Waals surface area contributed by atoms with E-state index in [9.17, 15) is 9.59 Å². The van der Waals surface area contributed by atoms with Gasteiger partial charge in [-0.25, -0.2) is 4.99 Å². The molecule has 1 heterocycles. The van der Waals surface area contributed by atoms with E-state index in [1.54, 1.807) is 6.07 Å². The molecule has 0 aliphatic rings. The average molecular weight is 451 g/mol. The maximum atomic E-state index is 11.8. The van der Waals surface area contributed by atoms with Crippen LogP contribution in [0.4, 0.5) is 0 Å². The second-order valence-corrected chi connectivity index (χ2v) is 5.98. The second kappa shape index (κ2) is 10.2. The Morgan fingerprint density at radius 2 is 1.92 bits per heavy atom. The Balaban J connectivity index is 0.00000529. The average Bonchev–Trinajstić information content (AvgIpc) is 2.89. The Bertz CT molecular complexity index is 578. The van der Waals surface area contributed by atoms with Gasteiger partial charge in [-0.3, -0.25) is 9.59 Å². The first-order valence-corrected chi connectivity index (χ1v) is 7.43. The maximum absolute atomic E-state index is 11.8. The number of halogens is 1. The van der Waals surface area contributed by atoms with Gasteiger partial charge in [0.25, 0.3) is 5.91 Å². The van der Waals surface area contributed by atoms with E-state index in [0.717, 1.165) is 0 Å². The number of carbonyl (C=O) groups is 2. The summed E-state index contributed by atoms with van der Waals surface area (Å²) < 4.78 is 5.27. The SMILES string of the molecule is CCNC(=NCC(=O)NC(C)(C)C)NCc1ccc(C(N)=O)o1.I. The smallest absolute Gasteiger partial charge is 0.284 e. The number of aliphatic imine (C=N–C) groups is 1. The Labute approximate surface area is 159 Å². The number of hydrogen-bond donors (Lipinski definition) is 4. The summed E-state index contributed by atoms with van der Waals surface area (Å²) in [6.07, 6.45) is 0. The molecule has 9 heteroatoms. The molecule has 0 fully saturated rings. The van der Waals surface area contributed by atoms with E-state index >= 15 is 0 Å². The summed E-state index contributed by atoms with van der Waals surface area (Å²) >= 11 is 0. The Kier molecular flexibility index (Phi) is 9.41. The minimum absolute atomic E-state index is 0. The van der Waals surface area contributed by atoms with Gasteiger partial charge in [0.15, 0.2) is 11.7 Å². The molecule has 0 saturated heterocycles. The zero-order valence-electron chi connectivity index (χ0n) is 14.4. The van der Waals surface area contributed by atoms with E-state index in [1.165, 1.54) is 6.07 Å². The number of carbonyl (C=O) groups excluding carboxylic acids is 2. The van der Waals surface area contributed by atoms with Crippen molar-refractivity contribution in [3.63, 3.8) is 0 Å². The van der Waals surface area contributed by atoms with Crippen LogP contribution in [0.5, 0.6) is 0 Å². The van der Waals surface area contributed by atoms with E-state index in [-0.39, 0.29) is 47.7 Å². The number of rotatable bonds is 6. The quantitative estimate of drug-likeness (QED) is 0.292. The Morgan fingerprint density at radius 3 is 2.42 bits per heavy atom. The molecule has 0 aromatic carbocycles. The topological polar surface area (TPSA) is 122 Å². The van der Waals surface area contributed by atoms with Gasteiger partial charge in [-0.2, -0.15) is 0 Å². The normalized spacial score (nSPS) is 11.4. The van der Waals surface area contributed by atoms with E-state index in [1.807, 2.05) is 27.7 Å². The van der Waals surface area contributed by atoms with Gasteiger partial charge in [-0.1, -0.05) is 0 Å². The predicted molar refractivity (Wildman–Crippen MR) is 103 cm³/mol. The molecule has 136 valence electrons. The van der Waals surface area contributed by atoms with Gasteiger partial charge in [0.2, 0.25) is 5.91 Å². The number of nitrogens with zero attached hydrogens (tertiary/aromatic N) is 1. The van der Waals surface area contributed by atoms with E-state index in [2.05, 4.69) is 20.9 Å². The number of guanidine groups is 1. The van der Waals surface area contributed by atoms with Gasteiger partial charge in [0.05, 0.1) is 6.54 Å². The summed E-state index contributed by atoms with van der Waals surface area (Å²) in [5.74, 6) is 0.352. The number of hydrogen-bond acceptors (Lipinski definition) is 4. The van der Waals surface area contributed by atoms with Crippen molar-refractivity contribution in [1.29, 1.82) is 0 Å². The molecule has 0 saturated carbocycles. The molecule has 0 spiro atoms. The predicted octanol–water partition coefficient (Wildman–Crippen LogP) is 0.966. The van der Waals surface area contributed by atoms with Crippen LogP contribution in [-0.2, 0) is 11.3 Å². The molecule has 5 N–H and O–H groups in total. The van der Waals surface area contributed by atoms with Crippen molar-refractivity contribution < 1.29 is 14.0 Å². The highest BCUT2D eigenvalue weighted by atomic mass is 127. The molecule has 0 aliphatic carbocycles. The van der Waals surface area contributed by atoms with Crippen molar-refractivity contribution >= 4 is 41.8 Å². The second-order valence-electron chi connectivity index (χ2n) is 5.98. The standard InChI is InChI=1S/C15H25N5O3.HI/c1-5-17-14(19-9-12(21)20-15(2,3)4)18-8-10-6-7-11(23-10)13(16)22;/h6-7H,5,8-9H2,1-4H3,(H2,16,22)(H,20,21)(H2,17,18,19);1H. The van der Waals surface area contributed by atoms with Crippen LogP contribution in [0.25, 0.3) is 0 Å². The third-order valence-electron chi connectivity index (χ3n) is 2.57. The Hall–Kier alpha value is -1.78. The molecule has 0 unspecified atom stereocenters. The lowest BCUT2D eigenvalue weighted by molar-refractivity contribution is -0.121. The summed E-state index contributed by atoms with van der Waals surface area (Å²) in [6.45, 7) is 8.63. The molecule has 0 radical (unpaired) electrons. The Morgan fingerprint density at radius 1 is 1.25 bits per heavy atom. The number of nitrogens with one attached hydrogen (secondary N) is 3. The molecular formula is C15H26IN5O3. The van der Waals surface area contributed by atoms with Crippen LogP contribution in [0.1, 0.15) is 44.0 Å². The van der Waals surface area contributed by atoms with Crippen molar-refractivity contribution in [1.82, 2.24) is 16.0 Å². The lowest BCUT2D eigenvalue weighted by Gasteiger charge is -2.20. The minimum atomic E-state index is -0.615. The molecule has 2 amide bonds. The fraction of sp³-hybridized carbons (Fsp3) is 0.533. The van der Waals surface area contributed by atoms with Crippen LogP contribution >= 0.6 is 24.0 Å². The van der Waals surface area contributed by atoms with E-state index in [0.29, 0.717) is 24.8 Å². The zero-order valence-corrected chi connectivity index (χ0v) is 16.8. The number of nitrogens with two attached hydrogens (primary N) is 1. The third kappa shape index (κ3) is 8.75. The highest BCUT2D eigenvalue weighted by Crippen LogP contribution is 2.06. The van der Waals surface area contributed by atoms with Gasteiger partial charge in [-0.05, 0) is 39.8 Å². The molecule has 1 aromatic rings. The molecule has 24 heavy (non-hydrogen) atoms. The van der Waals surface area contributed by atoms with Crippen molar-refractivity contribution in [2.24, 2.45) is 10.7 Å². The lowest BCUT2D eigenvalue weighted by atomic mass is 10.1.